The van der Waals surface area contributed by atoms with Crippen LogP contribution in [0.1, 0.15) is 0 Å². The normalized spacial score (nSPS) is 17.6. The van der Waals surface area contributed by atoms with Gasteiger partial charge in [0, 0.05) is 17.6 Å². The van der Waals surface area contributed by atoms with Crippen molar-refractivity contribution >= 4 is 38.5 Å². The predicted molar refractivity (Wildman–Crippen MR) is 69.5 cm³/mol. The summed E-state index contributed by atoms with van der Waals surface area (Å²) in [6, 6.07) is 7.74. The van der Waals surface area contributed by atoms with Crippen LogP contribution in [-0.4, -0.2) is 36.5 Å². The summed E-state index contributed by atoms with van der Waals surface area (Å²) in [5.74, 6) is 0. The molecule has 0 amide bonds. The minimum Gasteiger partial charge on any atom is -0.378 e. The molecule has 0 bridgehead atoms. The molecule has 2 rings (SSSR count). The van der Waals surface area contributed by atoms with Gasteiger partial charge in [-0.15, -0.1) is 0 Å². The molecule has 0 spiro atoms. The van der Waals surface area contributed by atoms with E-state index in [4.69, 9.17) is 16.3 Å². The van der Waals surface area contributed by atoms with Crippen LogP contribution in [0.3, 0.4) is 0 Å². The zero-order valence-electron chi connectivity index (χ0n) is 8.70. The standard InChI is InChI=1S/C11H12BrClN2O/c12-9-1-3-10(4-2-9)14-11(13)15-5-7-16-8-6-15/h1-4H,5-8H2. The Morgan fingerprint density at radius 2 is 1.88 bits per heavy atom. The van der Waals surface area contributed by atoms with E-state index in [1.165, 1.54) is 0 Å². The molecular weight excluding hydrogens is 291 g/mol. The number of halogens is 2. The summed E-state index contributed by atoms with van der Waals surface area (Å²) in [5, 5.41) is 0.533. The van der Waals surface area contributed by atoms with Crippen molar-refractivity contribution < 1.29 is 4.74 Å². The van der Waals surface area contributed by atoms with Crippen molar-refractivity contribution in [1.82, 2.24) is 4.90 Å². The van der Waals surface area contributed by atoms with Crippen LogP contribution in [0, 0.1) is 0 Å². The van der Waals surface area contributed by atoms with Crippen LogP contribution in [0.25, 0.3) is 0 Å². The number of morpholine rings is 1. The Morgan fingerprint density at radius 1 is 1.25 bits per heavy atom. The van der Waals surface area contributed by atoms with Crippen LogP contribution in [0.15, 0.2) is 33.7 Å². The van der Waals surface area contributed by atoms with Crippen LogP contribution >= 0.6 is 27.5 Å². The van der Waals surface area contributed by atoms with E-state index >= 15 is 0 Å². The maximum absolute atomic E-state index is 6.14. The van der Waals surface area contributed by atoms with Crippen molar-refractivity contribution in [1.29, 1.82) is 0 Å². The van der Waals surface area contributed by atoms with Gasteiger partial charge < -0.3 is 9.64 Å². The van der Waals surface area contributed by atoms with E-state index in [2.05, 4.69) is 20.9 Å². The highest BCUT2D eigenvalue weighted by Crippen LogP contribution is 2.18. The first-order chi connectivity index (χ1) is 7.75. The van der Waals surface area contributed by atoms with E-state index < -0.39 is 0 Å². The van der Waals surface area contributed by atoms with Crippen molar-refractivity contribution in [3.8, 4) is 0 Å². The van der Waals surface area contributed by atoms with E-state index in [9.17, 15) is 0 Å². The third-order valence-electron chi connectivity index (χ3n) is 2.32. The summed E-state index contributed by atoms with van der Waals surface area (Å²) in [6.07, 6.45) is 0. The summed E-state index contributed by atoms with van der Waals surface area (Å²) in [5.41, 5.74) is 0.861. The predicted octanol–water partition coefficient (Wildman–Crippen LogP) is 3.01. The second-order valence-corrected chi connectivity index (χ2v) is 4.71. The van der Waals surface area contributed by atoms with Gasteiger partial charge >= 0.3 is 0 Å². The maximum atomic E-state index is 6.14. The zero-order valence-corrected chi connectivity index (χ0v) is 11.0. The molecule has 0 aromatic heterocycles. The van der Waals surface area contributed by atoms with E-state index in [0.717, 1.165) is 23.2 Å². The summed E-state index contributed by atoms with van der Waals surface area (Å²) >= 11 is 9.52. The lowest BCUT2D eigenvalue weighted by molar-refractivity contribution is 0.0692. The van der Waals surface area contributed by atoms with Gasteiger partial charge in [-0.3, -0.25) is 0 Å². The molecule has 0 radical (unpaired) electrons. The average Bonchev–Trinajstić information content (AvgIpc) is 2.33. The van der Waals surface area contributed by atoms with Crippen molar-refractivity contribution in [3.63, 3.8) is 0 Å². The molecule has 1 heterocycles. The van der Waals surface area contributed by atoms with Gasteiger partial charge in [0.15, 0.2) is 5.29 Å². The highest BCUT2D eigenvalue weighted by atomic mass is 79.9. The molecule has 16 heavy (non-hydrogen) atoms. The van der Waals surface area contributed by atoms with Crippen LogP contribution in [0.4, 0.5) is 5.69 Å². The third-order valence-corrected chi connectivity index (χ3v) is 3.17. The second kappa shape index (κ2) is 5.66. The Balaban J connectivity index is 2.07. The van der Waals surface area contributed by atoms with Crippen LogP contribution in [0.5, 0.6) is 0 Å². The number of benzene rings is 1. The average molecular weight is 304 g/mol. The molecule has 0 N–H and O–H groups in total. The highest BCUT2D eigenvalue weighted by Gasteiger charge is 2.12. The molecule has 1 aliphatic rings. The molecule has 0 saturated carbocycles. The molecule has 3 nitrogen and oxygen atoms in total. The van der Waals surface area contributed by atoms with Gasteiger partial charge in [0.2, 0.25) is 0 Å². The first-order valence-corrected chi connectivity index (χ1v) is 6.25. The number of aliphatic imine (C=N–C) groups is 1. The monoisotopic (exact) mass is 302 g/mol. The molecule has 86 valence electrons. The van der Waals surface area contributed by atoms with Gasteiger partial charge in [-0.1, -0.05) is 15.9 Å². The molecule has 0 atom stereocenters. The minimum atomic E-state index is 0.533. The molecule has 1 aromatic carbocycles. The molecule has 5 heteroatoms. The van der Waals surface area contributed by atoms with Crippen LogP contribution in [0.2, 0.25) is 0 Å². The highest BCUT2D eigenvalue weighted by molar-refractivity contribution is 9.10. The SMILES string of the molecule is ClC(=Nc1ccc(Br)cc1)N1CCOCC1. The molecule has 0 unspecified atom stereocenters. The van der Waals surface area contributed by atoms with Gasteiger partial charge in [0.1, 0.15) is 0 Å². The number of rotatable bonds is 1. The fraction of sp³-hybridized carbons (Fsp3) is 0.364. The third kappa shape index (κ3) is 3.20. The van der Waals surface area contributed by atoms with Crippen molar-refractivity contribution in [2.45, 2.75) is 0 Å². The quantitative estimate of drug-likeness (QED) is 0.452. The molecule has 1 saturated heterocycles. The first-order valence-electron chi connectivity index (χ1n) is 5.08. The fourth-order valence-electron chi connectivity index (χ4n) is 1.44. The Hall–Kier alpha value is -0.580. The second-order valence-electron chi connectivity index (χ2n) is 3.46. The van der Waals surface area contributed by atoms with Gasteiger partial charge in [-0.25, -0.2) is 4.99 Å². The summed E-state index contributed by atoms with van der Waals surface area (Å²) < 4.78 is 6.29. The van der Waals surface area contributed by atoms with E-state index in [0.29, 0.717) is 18.5 Å². The molecule has 1 fully saturated rings. The lowest BCUT2D eigenvalue weighted by atomic mass is 10.3. The topological polar surface area (TPSA) is 24.8 Å². The summed E-state index contributed by atoms with van der Waals surface area (Å²) in [6.45, 7) is 3.04. The molecular formula is C11H12BrClN2O. The Morgan fingerprint density at radius 3 is 2.50 bits per heavy atom. The van der Waals surface area contributed by atoms with Crippen LogP contribution < -0.4 is 0 Å². The smallest absolute Gasteiger partial charge is 0.199 e. The molecule has 1 aliphatic heterocycles. The number of ether oxygens (including phenoxy) is 1. The number of amidine groups is 1. The minimum absolute atomic E-state index is 0.533. The van der Waals surface area contributed by atoms with E-state index in [-0.39, 0.29) is 0 Å². The Labute approximate surface area is 108 Å². The number of hydrogen-bond donors (Lipinski definition) is 0. The summed E-state index contributed by atoms with van der Waals surface area (Å²) in [7, 11) is 0. The van der Waals surface area contributed by atoms with Gasteiger partial charge in [-0.2, -0.15) is 0 Å². The van der Waals surface area contributed by atoms with Crippen molar-refractivity contribution in [3.05, 3.63) is 28.7 Å². The Kier molecular flexibility index (Phi) is 4.21. The van der Waals surface area contributed by atoms with Gasteiger partial charge in [0.05, 0.1) is 18.9 Å². The Bertz CT molecular complexity index is 374. The zero-order chi connectivity index (χ0) is 11.4. The van der Waals surface area contributed by atoms with E-state index in [1.807, 2.05) is 29.2 Å². The maximum Gasteiger partial charge on any atom is 0.199 e. The van der Waals surface area contributed by atoms with Crippen LogP contribution in [-0.2, 0) is 4.74 Å². The number of nitrogens with zero attached hydrogens (tertiary/aromatic N) is 2. The summed E-state index contributed by atoms with van der Waals surface area (Å²) in [4.78, 5) is 6.38. The van der Waals surface area contributed by atoms with Gasteiger partial charge in [0.25, 0.3) is 0 Å². The number of hydrogen-bond acceptors (Lipinski definition) is 2. The largest absolute Gasteiger partial charge is 0.378 e. The molecule has 1 aromatic rings. The van der Waals surface area contributed by atoms with Crippen molar-refractivity contribution in [2.24, 2.45) is 4.99 Å². The van der Waals surface area contributed by atoms with Crippen molar-refractivity contribution in [2.75, 3.05) is 26.3 Å². The first kappa shape index (κ1) is 11.9. The lowest BCUT2D eigenvalue weighted by Crippen LogP contribution is -2.38. The fourth-order valence-corrected chi connectivity index (χ4v) is 1.97. The lowest BCUT2D eigenvalue weighted by Gasteiger charge is -2.26. The molecule has 0 aliphatic carbocycles. The van der Waals surface area contributed by atoms with E-state index in [1.54, 1.807) is 0 Å². The van der Waals surface area contributed by atoms with Gasteiger partial charge in [-0.05, 0) is 35.9 Å².